The van der Waals surface area contributed by atoms with E-state index in [1.807, 2.05) is 0 Å². The van der Waals surface area contributed by atoms with Crippen molar-refractivity contribution < 1.29 is 30.0 Å². The molecule has 0 saturated carbocycles. The largest absolute Gasteiger partial charge is 0.508 e. The number of carbonyl (C=O) groups is 2. The van der Waals surface area contributed by atoms with Gasteiger partial charge in [-0.05, 0) is 35.4 Å². The van der Waals surface area contributed by atoms with Crippen LogP contribution in [0.3, 0.4) is 0 Å². The van der Waals surface area contributed by atoms with Crippen molar-refractivity contribution in [3.63, 3.8) is 0 Å². The number of nitrogens with one attached hydrogen (secondary N) is 2. The topological polar surface area (TPSA) is 164 Å². The number of aliphatic carboxylic acids is 2. The molecule has 0 amide bonds. The number of phenols is 2. The van der Waals surface area contributed by atoms with E-state index in [2.05, 4.69) is 21.3 Å². The number of hydrazine groups is 1. The molecule has 2 rings (SSSR count). The molecule has 2 aromatic rings. The highest BCUT2D eigenvalue weighted by Crippen LogP contribution is 2.13. The van der Waals surface area contributed by atoms with Gasteiger partial charge in [-0.25, -0.2) is 15.8 Å². The molecule has 2 aromatic carbocycles. The summed E-state index contributed by atoms with van der Waals surface area (Å²) in [6, 6.07) is 9.86. The molecular weight excluding hydrogens is 368 g/mol. The van der Waals surface area contributed by atoms with Crippen molar-refractivity contribution in [2.75, 3.05) is 0 Å². The van der Waals surface area contributed by atoms with Gasteiger partial charge in [-0.3, -0.25) is 4.79 Å². The standard InChI is InChI=1S/C18H20N4O6/c23-13-5-1-11(2-6-13)9-15(17(25)26)19-21-22-20-16(18(27)28)10-12-3-7-14(24)8-4-12/h1-8,15-16,23-24H,9-10H2,(H,19,22)(H,20,21)(H,25,26)(H,27,28)/t15-,16-/m0/s1. The molecular formula is C18H20N4O6. The lowest BCUT2D eigenvalue weighted by molar-refractivity contribution is -0.140. The Hall–Kier alpha value is -3.66. The highest BCUT2D eigenvalue weighted by atomic mass is 16.4. The van der Waals surface area contributed by atoms with E-state index in [4.69, 9.17) is 0 Å². The number of nitrogens with zero attached hydrogens (tertiary/aromatic N) is 2. The number of aromatic hydroxyl groups is 2. The molecule has 0 unspecified atom stereocenters. The van der Waals surface area contributed by atoms with Gasteiger partial charge in [0, 0.05) is 12.8 Å². The minimum Gasteiger partial charge on any atom is -0.508 e. The van der Waals surface area contributed by atoms with Gasteiger partial charge in [-0.2, -0.15) is 5.11 Å². The van der Waals surface area contributed by atoms with Crippen molar-refractivity contribution in [1.29, 1.82) is 0 Å². The number of carboxylic acid groups (broad SMARTS) is 2. The molecule has 0 spiro atoms. The molecule has 0 radical (unpaired) electrons. The van der Waals surface area contributed by atoms with E-state index in [1.54, 1.807) is 24.3 Å². The maximum atomic E-state index is 11.3. The fraction of sp³-hybridized carbons (Fsp3) is 0.222. The van der Waals surface area contributed by atoms with Crippen LogP contribution in [0.1, 0.15) is 11.1 Å². The predicted molar refractivity (Wildman–Crippen MR) is 97.6 cm³/mol. The van der Waals surface area contributed by atoms with Crippen LogP contribution in [-0.2, 0) is 22.4 Å². The van der Waals surface area contributed by atoms with Crippen molar-refractivity contribution in [2.45, 2.75) is 24.9 Å². The van der Waals surface area contributed by atoms with E-state index in [-0.39, 0.29) is 24.3 Å². The predicted octanol–water partition coefficient (Wildman–Crippen LogP) is 1.25. The zero-order valence-electron chi connectivity index (χ0n) is 14.7. The molecule has 0 aromatic heterocycles. The van der Waals surface area contributed by atoms with Gasteiger partial charge in [-0.1, -0.05) is 29.5 Å². The Bertz CT molecular complexity index is 823. The third kappa shape index (κ3) is 6.57. The van der Waals surface area contributed by atoms with Crippen molar-refractivity contribution in [2.24, 2.45) is 10.3 Å². The summed E-state index contributed by atoms with van der Waals surface area (Å²) in [5.41, 5.74) is 6.02. The molecule has 2 atom stereocenters. The van der Waals surface area contributed by atoms with Gasteiger partial charge >= 0.3 is 11.9 Å². The maximum absolute atomic E-state index is 11.3. The summed E-state index contributed by atoms with van der Waals surface area (Å²) in [6.45, 7) is 0. The number of benzene rings is 2. The van der Waals surface area contributed by atoms with E-state index in [9.17, 15) is 30.0 Å². The smallest absolute Gasteiger partial charge is 0.330 e. The zero-order chi connectivity index (χ0) is 20.5. The van der Waals surface area contributed by atoms with E-state index in [0.29, 0.717) is 11.1 Å². The van der Waals surface area contributed by atoms with E-state index >= 15 is 0 Å². The monoisotopic (exact) mass is 388 g/mol. The summed E-state index contributed by atoms with van der Waals surface area (Å²) in [5, 5.41) is 44.2. The molecule has 148 valence electrons. The third-order valence-electron chi connectivity index (χ3n) is 3.81. The fourth-order valence-corrected chi connectivity index (χ4v) is 2.31. The maximum Gasteiger partial charge on any atom is 0.330 e. The first-order valence-corrected chi connectivity index (χ1v) is 8.27. The molecule has 6 N–H and O–H groups in total. The molecule has 0 saturated heterocycles. The van der Waals surface area contributed by atoms with Gasteiger partial charge < -0.3 is 20.4 Å². The lowest BCUT2D eigenvalue weighted by atomic mass is 10.1. The van der Waals surface area contributed by atoms with Crippen molar-refractivity contribution >= 4 is 11.9 Å². The Balaban J connectivity index is 1.91. The molecule has 0 fully saturated rings. The summed E-state index contributed by atoms with van der Waals surface area (Å²) < 4.78 is 0. The van der Waals surface area contributed by atoms with Crippen LogP contribution in [0.25, 0.3) is 0 Å². The SMILES string of the molecule is O=C(O)[C@H](Cc1ccc(O)cc1)N=NNN[C@@H](Cc1ccc(O)cc1)C(=O)O. The van der Waals surface area contributed by atoms with Crippen LogP contribution in [0.15, 0.2) is 58.9 Å². The lowest BCUT2D eigenvalue weighted by Gasteiger charge is -2.13. The Labute approximate surface area is 160 Å². The van der Waals surface area contributed by atoms with Crippen LogP contribution < -0.4 is 11.0 Å². The summed E-state index contributed by atoms with van der Waals surface area (Å²) in [6.07, 6.45) is 0.157. The summed E-state index contributed by atoms with van der Waals surface area (Å²) in [4.78, 5) is 22.6. The van der Waals surface area contributed by atoms with Crippen LogP contribution >= 0.6 is 0 Å². The number of hydrogen-bond donors (Lipinski definition) is 6. The van der Waals surface area contributed by atoms with E-state index < -0.39 is 24.0 Å². The molecule has 0 heterocycles. The Morgan fingerprint density at radius 1 is 0.821 bits per heavy atom. The van der Waals surface area contributed by atoms with Crippen LogP contribution in [0, 0.1) is 0 Å². The lowest BCUT2D eigenvalue weighted by Crippen LogP contribution is -2.44. The first-order valence-electron chi connectivity index (χ1n) is 8.27. The van der Waals surface area contributed by atoms with Crippen LogP contribution in [0.4, 0.5) is 0 Å². The highest BCUT2D eigenvalue weighted by Gasteiger charge is 2.19. The number of rotatable bonds is 10. The minimum atomic E-state index is -1.20. The van der Waals surface area contributed by atoms with Gasteiger partial charge in [-0.15, -0.1) is 0 Å². The minimum absolute atomic E-state index is 0.0522. The summed E-state index contributed by atoms with van der Waals surface area (Å²) in [5.74, 6) is -2.20. The average molecular weight is 388 g/mol. The second-order valence-electron chi connectivity index (χ2n) is 5.96. The van der Waals surface area contributed by atoms with Gasteiger partial charge in [0.2, 0.25) is 0 Å². The van der Waals surface area contributed by atoms with Crippen molar-refractivity contribution in [1.82, 2.24) is 11.0 Å². The first kappa shape index (κ1) is 20.6. The van der Waals surface area contributed by atoms with Crippen LogP contribution in [-0.4, -0.2) is 44.4 Å². The zero-order valence-corrected chi connectivity index (χ0v) is 14.7. The summed E-state index contributed by atoms with van der Waals surface area (Å²) in [7, 11) is 0. The van der Waals surface area contributed by atoms with E-state index in [1.165, 1.54) is 24.3 Å². The van der Waals surface area contributed by atoms with Gasteiger partial charge in [0.1, 0.15) is 17.5 Å². The van der Waals surface area contributed by atoms with Crippen molar-refractivity contribution in [3.8, 4) is 11.5 Å². The highest BCUT2D eigenvalue weighted by molar-refractivity contribution is 5.74. The average Bonchev–Trinajstić information content (AvgIpc) is 2.66. The molecule has 0 aliphatic heterocycles. The molecule has 10 heteroatoms. The van der Waals surface area contributed by atoms with Gasteiger partial charge in [0.15, 0.2) is 6.04 Å². The Morgan fingerprint density at radius 3 is 1.79 bits per heavy atom. The van der Waals surface area contributed by atoms with Crippen LogP contribution in [0.2, 0.25) is 0 Å². The molecule has 10 nitrogen and oxygen atoms in total. The van der Waals surface area contributed by atoms with Crippen LogP contribution in [0.5, 0.6) is 11.5 Å². The fourth-order valence-electron chi connectivity index (χ4n) is 2.31. The quantitative estimate of drug-likeness (QED) is 0.261. The number of hydrogen-bond acceptors (Lipinski definition) is 7. The second-order valence-corrected chi connectivity index (χ2v) is 5.96. The number of carboxylic acids is 2. The Morgan fingerprint density at radius 2 is 1.32 bits per heavy atom. The third-order valence-corrected chi connectivity index (χ3v) is 3.81. The number of phenolic OH excluding ortho intramolecular Hbond substituents is 2. The van der Waals surface area contributed by atoms with E-state index in [0.717, 1.165) is 0 Å². The molecule has 28 heavy (non-hydrogen) atoms. The second kappa shape index (κ2) is 9.88. The Kier molecular flexibility index (Phi) is 7.28. The summed E-state index contributed by atoms with van der Waals surface area (Å²) >= 11 is 0. The molecule has 0 aliphatic carbocycles. The molecule has 0 aliphatic rings. The van der Waals surface area contributed by atoms with Gasteiger partial charge in [0.25, 0.3) is 0 Å². The van der Waals surface area contributed by atoms with Gasteiger partial charge in [0.05, 0.1) is 0 Å². The van der Waals surface area contributed by atoms with Crippen molar-refractivity contribution in [3.05, 3.63) is 59.7 Å². The first-order chi connectivity index (χ1) is 13.3. The normalized spacial score (nSPS) is 13.1. The molecule has 0 bridgehead atoms.